The number of benzene rings is 1. The van der Waals surface area contributed by atoms with Crippen LogP contribution in [0.1, 0.15) is 52.0 Å². The average molecular weight is 428 g/mol. The Morgan fingerprint density at radius 1 is 1.20 bits per heavy atom. The number of amidine groups is 1. The highest BCUT2D eigenvalue weighted by molar-refractivity contribution is 7.98. The van der Waals surface area contributed by atoms with Crippen molar-refractivity contribution in [2.24, 2.45) is 21.8 Å². The van der Waals surface area contributed by atoms with E-state index in [9.17, 15) is 4.79 Å². The summed E-state index contributed by atoms with van der Waals surface area (Å²) in [7, 11) is 0. The first kappa shape index (κ1) is 21.4. The van der Waals surface area contributed by atoms with Gasteiger partial charge in [0.15, 0.2) is 0 Å². The number of hydrogen-bond acceptors (Lipinski definition) is 5. The van der Waals surface area contributed by atoms with Crippen LogP contribution in [0.2, 0.25) is 0 Å². The normalized spacial score (nSPS) is 24.1. The van der Waals surface area contributed by atoms with Gasteiger partial charge in [0.2, 0.25) is 0 Å². The highest BCUT2D eigenvalue weighted by Gasteiger charge is 2.43. The van der Waals surface area contributed by atoms with Crippen molar-refractivity contribution in [1.82, 2.24) is 4.90 Å². The maximum absolute atomic E-state index is 12.3. The van der Waals surface area contributed by atoms with E-state index in [4.69, 9.17) is 14.7 Å². The molecule has 30 heavy (non-hydrogen) atoms. The third-order valence-corrected chi connectivity index (χ3v) is 6.80. The van der Waals surface area contributed by atoms with Gasteiger partial charge in [0.25, 0.3) is 0 Å². The smallest absolute Gasteiger partial charge is 0.410 e. The summed E-state index contributed by atoms with van der Waals surface area (Å²) < 4.78 is 5.51. The summed E-state index contributed by atoms with van der Waals surface area (Å²) in [5.74, 6) is 2.13. The van der Waals surface area contributed by atoms with E-state index in [0.717, 1.165) is 51.0 Å². The van der Waals surface area contributed by atoms with Crippen LogP contribution >= 0.6 is 11.8 Å². The first-order valence-electron chi connectivity index (χ1n) is 11.1. The minimum Gasteiger partial charge on any atom is -0.444 e. The van der Waals surface area contributed by atoms with Crippen molar-refractivity contribution in [1.29, 1.82) is 0 Å². The topological polar surface area (TPSA) is 54.3 Å². The predicted octanol–water partition coefficient (Wildman–Crippen LogP) is 5.23. The number of ether oxygens (including phenoxy) is 1. The highest BCUT2D eigenvalue weighted by atomic mass is 32.2. The summed E-state index contributed by atoms with van der Waals surface area (Å²) in [6.45, 7) is 7.26. The minimum atomic E-state index is -0.438. The van der Waals surface area contributed by atoms with Gasteiger partial charge in [-0.1, -0.05) is 12.1 Å². The predicted molar refractivity (Wildman–Crippen MR) is 124 cm³/mol. The second-order valence-corrected chi connectivity index (χ2v) is 10.6. The fourth-order valence-corrected chi connectivity index (χ4v) is 4.69. The van der Waals surface area contributed by atoms with E-state index in [1.165, 1.54) is 16.2 Å². The maximum atomic E-state index is 12.3. The number of aliphatic imine (C=N–C) groups is 2. The highest BCUT2D eigenvalue weighted by Crippen LogP contribution is 2.40. The van der Waals surface area contributed by atoms with Gasteiger partial charge in [0.1, 0.15) is 11.4 Å². The summed E-state index contributed by atoms with van der Waals surface area (Å²) in [5, 5.41) is 0. The number of carbonyl (C=O) groups excluding carboxylic acids is 1. The van der Waals surface area contributed by atoms with Crippen LogP contribution in [0.5, 0.6) is 0 Å². The summed E-state index contributed by atoms with van der Waals surface area (Å²) in [5.41, 5.74) is 2.21. The van der Waals surface area contributed by atoms with Gasteiger partial charge in [-0.15, -0.1) is 11.8 Å². The molecule has 1 aromatic rings. The van der Waals surface area contributed by atoms with Crippen LogP contribution in [0.25, 0.3) is 0 Å². The van der Waals surface area contributed by atoms with Gasteiger partial charge < -0.3 is 9.64 Å². The van der Waals surface area contributed by atoms with Crippen molar-refractivity contribution in [3.05, 3.63) is 29.8 Å². The number of thioether (sulfide) groups is 1. The van der Waals surface area contributed by atoms with E-state index in [2.05, 4.69) is 30.5 Å². The first-order valence-corrected chi connectivity index (χ1v) is 12.3. The zero-order valence-electron chi connectivity index (χ0n) is 18.6. The van der Waals surface area contributed by atoms with Gasteiger partial charge in [-0.25, -0.2) is 9.79 Å². The molecule has 0 radical (unpaired) electrons. The molecule has 1 saturated heterocycles. The van der Waals surface area contributed by atoms with Gasteiger partial charge in [-0.05, 0) is 69.9 Å². The Bertz CT molecular complexity index is 833. The number of nitrogens with zero attached hydrogens (tertiary/aromatic N) is 3. The molecule has 6 heteroatoms. The molecule has 1 aliphatic carbocycles. The van der Waals surface area contributed by atoms with E-state index in [0.29, 0.717) is 17.9 Å². The number of piperidine rings is 1. The molecule has 0 spiro atoms. The quantitative estimate of drug-likeness (QED) is 0.605. The zero-order valence-corrected chi connectivity index (χ0v) is 19.4. The molecule has 162 valence electrons. The second kappa shape index (κ2) is 8.74. The molecule has 5 nitrogen and oxygen atoms in total. The van der Waals surface area contributed by atoms with Crippen LogP contribution in [0.3, 0.4) is 0 Å². The molecule has 4 rings (SSSR count). The van der Waals surface area contributed by atoms with Crippen molar-refractivity contribution in [3.8, 4) is 0 Å². The van der Waals surface area contributed by atoms with Gasteiger partial charge in [-0.3, -0.25) is 4.99 Å². The van der Waals surface area contributed by atoms with Crippen LogP contribution in [0.4, 0.5) is 4.79 Å². The number of likely N-dealkylation sites (tertiary alicyclic amines) is 1. The fraction of sp³-hybridized carbons (Fsp3) is 0.625. The van der Waals surface area contributed by atoms with E-state index in [1.807, 2.05) is 25.7 Å². The van der Waals surface area contributed by atoms with Crippen molar-refractivity contribution in [2.45, 2.75) is 69.4 Å². The van der Waals surface area contributed by atoms with Crippen LogP contribution < -0.4 is 0 Å². The Kier molecular flexibility index (Phi) is 6.24. The summed E-state index contributed by atoms with van der Waals surface area (Å²) in [6, 6.07) is 9.30. The minimum absolute atomic E-state index is 0.190. The molecule has 0 aromatic heterocycles. The lowest BCUT2D eigenvalue weighted by molar-refractivity contribution is 0.0186. The standard InChI is InChI=1S/C24H33N3O2S/c1-24(2,3)29-23(28)27-11-9-17(10-12-27)14-22-25-20(19-15-21(19)26-22)13-16-5-7-18(30-4)8-6-16/h5-8,17,19,21H,9-15H2,1-4H3. The van der Waals surface area contributed by atoms with E-state index >= 15 is 0 Å². The summed E-state index contributed by atoms with van der Waals surface area (Å²) in [4.78, 5) is 25.3. The Hall–Kier alpha value is -1.82. The number of amides is 1. The molecule has 2 aliphatic heterocycles. The number of hydrogen-bond donors (Lipinski definition) is 0. The van der Waals surface area contributed by atoms with Crippen molar-refractivity contribution >= 4 is 29.4 Å². The number of carbonyl (C=O) groups is 1. The van der Waals surface area contributed by atoms with Crippen molar-refractivity contribution < 1.29 is 9.53 Å². The Labute approximate surface area is 184 Å². The Balaban J connectivity index is 1.31. The molecule has 1 amide bonds. The Morgan fingerprint density at radius 2 is 1.90 bits per heavy atom. The van der Waals surface area contributed by atoms with Gasteiger partial charge in [0, 0.05) is 42.5 Å². The lowest BCUT2D eigenvalue weighted by Gasteiger charge is -2.33. The molecule has 0 N–H and O–H groups in total. The Morgan fingerprint density at radius 3 is 2.53 bits per heavy atom. The second-order valence-electron chi connectivity index (χ2n) is 9.70. The number of rotatable bonds is 5. The van der Waals surface area contributed by atoms with Crippen molar-refractivity contribution in [3.63, 3.8) is 0 Å². The van der Waals surface area contributed by atoms with Crippen LogP contribution in [-0.2, 0) is 11.2 Å². The molecule has 1 saturated carbocycles. The third-order valence-electron chi connectivity index (χ3n) is 6.05. The van der Waals surface area contributed by atoms with Crippen LogP contribution in [-0.4, -0.2) is 53.5 Å². The average Bonchev–Trinajstić information content (AvgIpc) is 3.48. The van der Waals surface area contributed by atoms with E-state index in [1.54, 1.807) is 11.8 Å². The van der Waals surface area contributed by atoms with Crippen LogP contribution in [0, 0.1) is 11.8 Å². The maximum Gasteiger partial charge on any atom is 0.410 e. The van der Waals surface area contributed by atoms with E-state index < -0.39 is 5.60 Å². The van der Waals surface area contributed by atoms with Gasteiger partial charge in [-0.2, -0.15) is 0 Å². The molecule has 2 unspecified atom stereocenters. The van der Waals surface area contributed by atoms with Crippen molar-refractivity contribution in [2.75, 3.05) is 19.3 Å². The zero-order chi connectivity index (χ0) is 21.3. The molecule has 1 aromatic carbocycles. The first-order chi connectivity index (χ1) is 14.3. The third kappa shape index (κ3) is 5.45. The molecule has 2 heterocycles. The monoisotopic (exact) mass is 427 g/mol. The lowest BCUT2D eigenvalue weighted by Crippen LogP contribution is -2.42. The summed E-state index contributed by atoms with van der Waals surface area (Å²) >= 11 is 1.77. The summed E-state index contributed by atoms with van der Waals surface area (Å²) in [6.07, 6.45) is 6.93. The lowest BCUT2D eigenvalue weighted by atomic mass is 9.93. The molecular weight excluding hydrogens is 394 g/mol. The molecule has 3 aliphatic rings. The largest absolute Gasteiger partial charge is 0.444 e. The van der Waals surface area contributed by atoms with Gasteiger partial charge in [0.05, 0.1) is 6.04 Å². The van der Waals surface area contributed by atoms with Gasteiger partial charge >= 0.3 is 6.09 Å². The molecule has 2 atom stereocenters. The molecule has 2 fully saturated rings. The number of fused-ring (bicyclic) bond motifs is 1. The van der Waals surface area contributed by atoms with E-state index in [-0.39, 0.29) is 6.09 Å². The molecular formula is C24H33N3O2S. The molecule has 0 bridgehead atoms. The fourth-order valence-electron chi connectivity index (χ4n) is 4.28. The SMILES string of the molecule is CSc1ccc(CC2=NC(CC3CCN(C(=O)OC(C)(C)C)CC3)=NC3CC23)cc1. The van der Waals surface area contributed by atoms with Crippen LogP contribution in [0.15, 0.2) is 39.1 Å².